The summed E-state index contributed by atoms with van der Waals surface area (Å²) in [5, 5.41) is 0. The van der Waals surface area contributed by atoms with Gasteiger partial charge in [0.25, 0.3) is 0 Å². The summed E-state index contributed by atoms with van der Waals surface area (Å²) in [6.07, 6.45) is 1.86. The highest BCUT2D eigenvalue weighted by atomic mass is 16.5. The van der Waals surface area contributed by atoms with Gasteiger partial charge in [-0.15, -0.1) is 0 Å². The minimum atomic E-state index is -0.185. The monoisotopic (exact) mass is 343 g/mol. The maximum absolute atomic E-state index is 12.6. The number of carbonyl (C=O) groups is 1. The fourth-order valence-corrected chi connectivity index (χ4v) is 3.95. The van der Waals surface area contributed by atoms with Gasteiger partial charge < -0.3 is 20.2 Å². The normalized spacial score (nSPS) is 23.4. The Morgan fingerprint density at radius 2 is 2.16 bits per heavy atom. The maximum Gasteiger partial charge on any atom is 0.327 e. The summed E-state index contributed by atoms with van der Waals surface area (Å²) in [7, 11) is 0. The van der Waals surface area contributed by atoms with Crippen LogP contribution in [-0.4, -0.2) is 34.7 Å². The van der Waals surface area contributed by atoms with Gasteiger partial charge in [-0.1, -0.05) is 0 Å². The lowest BCUT2D eigenvalue weighted by molar-refractivity contribution is -0.111. The van der Waals surface area contributed by atoms with E-state index in [0.717, 1.165) is 12.8 Å². The predicted octanol–water partition coefficient (Wildman–Crippen LogP) is 1.72. The van der Waals surface area contributed by atoms with E-state index < -0.39 is 0 Å². The van der Waals surface area contributed by atoms with Gasteiger partial charge in [-0.25, -0.2) is 4.79 Å². The van der Waals surface area contributed by atoms with Gasteiger partial charge in [0.15, 0.2) is 11.5 Å². The lowest BCUT2D eigenvalue weighted by Gasteiger charge is -2.30. The summed E-state index contributed by atoms with van der Waals surface area (Å²) >= 11 is 0. The fourth-order valence-electron chi connectivity index (χ4n) is 3.95. The molecule has 0 saturated carbocycles. The molecule has 7 heteroatoms. The summed E-state index contributed by atoms with van der Waals surface area (Å²) in [5.41, 5.74) is 8.58. The Balaban J connectivity index is 1.96. The van der Waals surface area contributed by atoms with Gasteiger partial charge in [0.1, 0.15) is 12.1 Å². The second-order valence-corrected chi connectivity index (χ2v) is 6.68. The third-order valence-corrected chi connectivity index (χ3v) is 4.97. The molecule has 1 fully saturated rings. The van der Waals surface area contributed by atoms with E-state index in [4.69, 9.17) is 15.2 Å². The quantitative estimate of drug-likeness (QED) is 0.827. The van der Waals surface area contributed by atoms with Crippen molar-refractivity contribution < 1.29 is 14.3 Å². The highest BCUT2D eigenvalue weighted by Crippen LogP contribution is 2.40. The maximum atomic E-state index is 12.6. The number of H-pyrrole nitrogens is 1. The van der Waals surface area contributed by atoms with E-state index in [2.05, 4.69) is 4.98 Å². The molecule has 132 valence electrons. The average molecular weight is 343 g/mol. The van der Waals surface area contributed by atoms with Crippen molar-refractivity contribution in [2.75, 3.05) is 13.2 Å². The van der Waals surface area contributed by atoms with E-state index in [-0.39, 0.29) is 23.6 Å². The number of imidazole rings is 1. The zero-order valence-electron chi connectivity index (χ0n) is 14.3. The average Bonchev–Trinajstić information content (AvgIpc) is 3.19. The number of benzene rings is 1. The van der Waals surface area contributed by atoms with Crippen molar-refractivity contribution in [1.29, 1.82) is 0 Å². The van der Waals surface area contributed by atoms with Gasteiger partial charge in [-0.3, -0.25) is 9.36 Å². The Morgan fingerprint density at radius 3 is 2.80 bits per heavy atom. The van der Waals surface area contributed by atoms with Crippen molar-refractivity contribution in [1.82, 2.24) is 9.55 Å². The van der Waals surface area contributed by atoms with Crippen LogP contribution in [0, 0.1) is 0 Å². The highest BCUT2D eigenvalue weighted by molar-refractivity contribution is 6.21. The second-order valence-electron chi connectivity index (χ2n) is 6.68. The topological polar surface area (TPSA) is 99.3 Å². The summed E-state index contributed by atoms with van der Waals surface area (Å²) in [6.45, 7) is 4.21. The number of ether oxygens (including phenoxy) is 2. The molecule has 2 atom stereocenters. The van der Waals surface area contributed by atoms with Crippen molar-refractivity contribution in [3.05, 3.63) is 33.9 Å². The smallest absolute Gasteiger partial charge is 0.327 e. The molecule has 1 saturated heterocycles. The molecule has 2 unspecified atom stereocenters. The van der Waals surface area contributed by atoms with Crippen LogP contribution in [0.5, 0.6) is 5.75 Å². The first-order chi connectivity index (χ1) is 12.0. The second kappa shape index (κ2) is 5.77. The zero-order chi connectivity index (χ0) is 17.7. The Hall–Kier alpha value is -2.54. The van der Waals surface area contributed by atoms with Gasteiger partial charge in [-0.2, -0.15) is 0 Å². The van der Waals surface area contributed by atoms with Gasteiger partial charge >= 0.3 is 5.69 Å². The van der Waals surface area contributed by atoms with Crippen LogP contribution < -0.4 is 16.2 Å². The molecule has 0 aliphatic carbocycles. The minimum absolute atomic E-state index is 0.0347. The number of nitrogens with zero attached hydrogens (tertiary/aromatic N) is 1. The van der Waals surface area contributed by atoms with Gasteiger partial charge in [0.05, 0.1) is 17.7 Å². The van der Waals surface area contributed by atoms with Gasteiger partial charge in [-0.05, 0) is 38.8 Å². The SMILES string of the molecule is CC(=O)C(=C(C)N)c1ccc2[nH]c(=O)n3c2c1OCC3C1CCCO1. The third kappa shape index (κ3) is 2.38. The minimum Gasteiger partial charge on any atom is -0.488 e. The van der Waals surface area contributed by atoms with E-state index in [1.165, 1.54) is 6.92 Å². The molecule has 2 aromatic rings. The predicted molar refractivity (Wildman–Crippen MR) is 93.5 cm³/mol. The summed E-state index contributed by atoms with van der Waals surface area (Å²) in [4.78, 5) is 27.5. The van der Waals surface area contributed by atoms with Crippen molar-refractivity contribution >= 4 is 22.4 Å². The van der Waals surface area contributed by atoms with Crippen molar-refractivity contribution in [2.24, 2.45) is 5.73 Å². The highest BCUT2D eigenvalue weighted by Gasteiger charge is 2.35. The molecular weight excluding hydrogens is 322 g/mol. The van der Waals surface area contributed by atoms with E-state index in [1.807, 2.05) is 0 Å². The number of nitrogens with one attached hydrogen (secondary N) is 1. The largest absolute Gasteiger partial charge is 0.488 e. The van der Waals surface area contributed by atoms with E-state index >= 15 is 0 Å². The molecule has 0 bridgehead atoms. The van der Waals surface area contributed by atoms with Crippen LogP contribution >= 0.6 is 0 Å². The first-order valence-electron chi connectivity index (χ1n) is 8.48. The van der Waals surface area contributed by atoms with Crippen molar-refractivity contribution in [2.45, 2.75) is 38.8 Å². The molecule has 0 amide bonds. The first-order valence-corrected chi connectivity index (χ1v) is 8.48. The Bertz CT molecular complexity index is 943. The molecule has 3 N–H and O–H groups in total. The molecule has 3 heterocycles. The van der Waals surface area contributed by atoms with Gasteiger partial charge in [0.2, 0.25) is 0 Å². The van der Waals surface area contributed by atoms with Crippen molar-refractivity contribution in [3.8, 4) is 5.75 Å². The number of aromatic nitrogens is 2. The van der Waals surface area contributed by atoms with Crippen molar-refractivity contribution in [3.63, 3.8) is 0 Å². The number of hydrogen-bond acceptors (Lipinski definition) is 5. The molecule has 1 aromatic heterocycles. The summed E-state index contributed by atoms with van der Waals surface area (Å²) in [5.74, 6) is 0.393. The van der Waals surface area contributed by atoms with Crippen LogP contribution in [0.1, 0.15) is 38.3 Å². The van der Waals surface area contributed by atoms with Crippen LogP contribution in [0.25, 0.3) is 16.6 Å². The lowest BCUT2D eigenvalue weighted by Crippen LogP contribution is -2.37. The molecule has 25 heavy (non-hydrogen) atoms. The van der Waals surface area contributed by atoms with Crippen LogP contribution in [0.2, 0.25) is 0 Å². The molecule has 7 nitrogen and oxygen atoms in total. The molecule has 0 spiro atoms. The van der Waals surface area contributed by atoms with Crippen LogP contribution in [0.4, 0.5) is 0 Å². The number of Topliss-reactive ketones (excluding diaryl/α,β-unsaturated/α-hetero) is 1. The number of aromatic amines is 1. The van der Waals surface area contributed by atoms with E-state index in [9.17, 15) is 9.59 Å². The number of nitrogens with two attached hydrogens (primary N) is 1. The molecule has 4 rings (SSSR count). The number of carbonyl (C=O) groups excluding carboxylic acids is 1. The Morgan fingerprint density at radius 1 is 1.36 bits per heavy atom. The van der Waals surface area contributed by atoms with Gasteiger partial charge in [0, 0.05) is 23.4 Å². The molecule has 2 aliphatic rings. The summed E-state index contributed by atoms with van der Waals surface area (Å²) in [6, 6.07) is 3.40. The van der Waals surface area contributed by atoms with Crippen LogP contribution in [0.15, 0.2) is 22.6 Å². The van der Waals surface area contributed by atoms with E-state index in [1.54, 1.807) is 23.6 Å². The third-order valence-electron chi connectivity index (χ3n) is 4.97. The number of ketones is 1. The summed E-state index contributed by atoms with van der Waals surface area (Å²) < 4.78 is 13.5. The van der Waals surface area contributed by atoms with Crippen LogP contribution in [0.3, 0.4) is 0 Å². The number of hydrogen-bond donors (Lipinski definition) is 2. The lowest BCUT2D eigenvalue weighted by atomic mass is 9.97. The standard InChI is InChI=1S/C18H21N3O4/c1-9(19)15(10(2)22)11-5-6-12-16-17(11)25-8-13(14-4-3-7-24-14)21(16)18(23)20-12/h5-6,13-14H,3-4,7-8,19H2,1-2H3,(H,20,23). The van der Waals surface area contributed by atoms with E-state index in [0.29, 0.717) is 46.8 Å². The number of rotatable bonds is 3. The first kappa shape index (κ1) is 16.0. The van der Waals surface area contributed by atoms with Crippen LogP contribution in [-0.2, 0) is 9.53 Å². The molecule has 0 radical (unpaired) electrons. The Kier molecular flexibility index (Phi) is 3.68. The Labute approximate surface area is 144 Å². The molecule has 1 aromatic carbocycles. The fraction of sp³-hybridized carbons (Fsp3) is 0.444. The zero-order valence-corrected chi connectivity index (χ0v) is 14.3. The molecule has 2 aliphatic heterocycles. The molecular formula is C18H21N3O4. The number of allylic oxidation sites excluding steroid dienone is 2.